The number of carbonyl (C=O) groups is 2. The maximum absolute atomic E-state index is 14.1. The predicted octanol–water partition coefficient (Wildman–Crippen LogP) is 2.64. The number of carbonyl (C=O) groups excluding carboxylic acids is 2. The number of alkyl halides is 1. The summed E-state index contributed by atoms with van der Waals surface area (Å²) in [5.74, 6) is -2.12. The van der Waals surface area contributed by atoms with E-state index in [-0.39, 0.29) is 46.5 Å². The largest absolute Gasteiger partial charge is 0.350 e. The van der Waals surface area contributed by atoms with Crippen molar-refractivity contribution in [3.05, 3.63) is 58.9 Å². The third-order valence-electron chi connectivity index (χ3n) is 5.35. The number of rotatable bonds is 5. The number of fused-ring (bicyclic) bond motifs is 1. The molecule has 0 radical (unpaired) electrons. The van der Waals surface area contributed by atoms with Crippen LogP contribution >= 0.6 is 11.6 Å². The lowest BCUT2D eigenvalue weighted by Gasteiger charge is -2.25. The van der Waals surface area contributed by atoms with E-state index in [2.05, 4.69) is 15.0 Å². The molecule has 0 bridgehead atoms. The lowest BCUT2D eigenvalue weighted by atomic mass is 10.1. The van der Waals surface area contributed by atoms with Gasteiger partial charge in [0.1, 0.15) is 28.8 Å². The van der Waals surface area contributed by atoms with Crippen molar-refractivity contribution >= 4 is 45.0 Å². The maximum atomic E-state index is 14.1. The highest BCUT2D eigenvalue weighted by molar-refractivity contribution is 7.90. The van der Waals surface area contributed by atoms with Crippen LogP contribution in [0.4, 0.5) is 14.5 Å². The molecule has 4 rings (SSSR count). The minimum absolute atomic E-state index is 0.0169. The van der Waals surface area contributed by atoms with Gasteiger partial charge in [-0.05, 0) is 18.2 Å². The van der Waals surface area contributed by atoms with Crippen LogP contribution in [0.2, 0.25) is 5.02 Å². The van der Waals surface area contributed by atoms with Gasteiger partial charge in [0.25, 0.3) is 10.0 Å². The minimum Gasteiger partial charge on any atom is -0.350 e. The molecule has 1 saturated heterocycles. The molecule has 2 heterocycles. The van der Waals surface area contributed by atoms with Gasteiger partial charge in [-0.1, -0.05) is 35.9 Å². The van der Waals surface area contributed by atoms with Gasteiger partial charge in [0, 0.05) is 18.5 Å². The molecule has 174 valence electrons. The van der Waals surface area contributed by atoms with Crippen LogP contribution < -0.4 is 10.6 Å². The highest BCUT2D eigenvalue weighted by atomic mass is 35.5. The van der Waals surface area contributed by atoms with Crippen molar-refractivity contribution in [1.82, 2.24) is 10.2 Å². The molecule has 2 atom stereocenters. The summed E-state index contributed by atoms with van der Waals surface area (Å²) in [5.41, 5.74) is 0.422. The first kappa shape index (κ1) is 23.1. The zero-order valence-electron chi connectivity index (χ0n) is 17.1. The zero-order chi connectivity index (χ0) is 23.8. The molecule has 2 aliphatic rings. The number of nitrogens with zero attached hydrogens (tertiary/aromatic N) is 2. The molecule has 1 fully saturated rings. The van der Waals surface area contributed by atoms with Crippen LogP contribution in [0.25, 0.3) is 0 Å². The number of anilines is 1. The molecular formula is C21H19ClF2N4O4S. The molecule has 0 saturated carbocycles. The maximum Gasteiger partial charge on any atom is 0.286 e. The van der Waals surface area contributed by atoms with E-state index in [1.165, 1.54) is 30.3 Å². The molecule has 0 spiro atoms. The molecule has 2 unspecified atom stereocenters. The van der Waals surface area contributed by atoms with Crippen molar-refractivity contribution in [2.75, 3.05) is 11.9 Å². The fourth-order valence-electron chi connectivity index (χ4n) is 3.78. The SMILES string of the molecule is O=C(NCc1cccc(Cl)c1F)C1CC(F)CN1C(=O)CC1=NS(=O)(=O)c2ccccc2N1. The second kappa shape index (κ2) is 9.06. The highest BCUT2D eigenvalue weighted by Gasteiger charge is 2.40. The second-order valence-electron chi connectivity index (χ2n) is 7.64. The van der Waals surface area contributed by atoms with Gasteiger partial charge in [0.2, 0.25) is 11.8 Å². The monoisotopic (exact) mass is 496 g/mol. The molecule has 0 aliphatic carbocycles. The van der Waals surface area contributed by atoms with Crippen LogP contribution in [0.1, 0.15) is 18.4 Å². The van der Waals surface area contributed by atoms with Crippen molar-refractivity contribution in [3.8, 4) is 0 Å². The third-order valence-corrected chi connectivity index (χ3v) is 7.02. The van der Waals surface area contributed by atoms with E-state index in [9.17, 15) is 26.8 Å². The van der Waals surface area contributed by atoms with Crippen LogP contribution in [0, 0.1) is 5.82 Å². The molecular weight excluding hydrogens is 478 g/mol. The van der Waals surface area contributed by atoms with Gasteiger partial charge in [-0.2, -0.15) is 8.42 Å². The summed E-state index contributed by atoms with van der Waals surface area (Å²) in [7, 11) is -3.99. The van der Waals surface area contributed by atoms with Crippen LogP contribution in [-0.4, -0.2) is 49.7 Å². The molecule has 2 aromatic carbocycles. The molecule has 2 aromatic rings. The third kappa shape index (κ3) is 4.83. The van der Waals surface area contributed by atoms with E-state index < -0.39 is 46.3 Å². The normalized spacial score (nSPS) is 21.1. The second-order valence-corrected chi connectivity index (χ2v) is 9.62. The summed E-state index contributed by atoms with van der Waals surface area (Å²) in [4.78, 5) is 26.6. The fourth-order valence-corrected chi connectivity index (χ4v) is 5.12. The van der Waals surface area contributed by atoms with E-state index in [1.54, 1.807) is 12.1 Å². The molecule has 2 aliphatic heterocycles. The number of amides is 2. The summed E-state index contributed by atoms with van der Waals surface area (Å²) >= 11 is 5.73. The average molecular weight is 497 g/mol. The molecule has 2 N–H and O–H groups in total. The standard InChI is InChI=1S/C21H19ClF2N4O4S/c22-14-5-3-4-12(20(14)24)10-25-21(30)16-8-13(23)11-28(16)19(29)9-18-26-15-6-1-2-7-17(15)33(31,32)27-18/h1-7,13,16H,8-11H2,(H,25,30)(H,26,27). The fraction of sp³-hybridized carbons (Fsp3) is 0.286. The van der Waals surface area contributed by atoms with Gasteiger partial charge < -0.3 is 15.5 Å². The smallest absolute Gasteiger partial charge is 0.286 e. The Kier molecular flexibility index (Phi) is 6.35. The van der Waals surface area contributed by atoms with Crippen molar-refractivity contribution < 1.29 is 26.8 Å². The lowest BCUT2D eigenvalue weighted by Crippen LogP contribution is -2.46. The Bertz CT molecular complexity index is 1250. The Morgan fingerprint density at radius 2 is 1.97 bits per heavy atom. The topological polar surface area (TPSA) is 108 Å². The highest BCUT2D eigenvalue weighted by Crippen LogP contribution is 2.28. The molecule has 33 heavy (non-hydrogen) atoms. The van der Waals surface area contributed by atoms with Gasteiger partial charge in [-0.25, -0.2) is 8.78 Å². The number of halogens is 3. The number of likely N-dealkylation sites (tertiary alicyclic amines) is 1. The Morgan fingerprint density at radius 1 is 1.21 bits per heavy atom. The Labute approximate surface area is 193 Å². The summed E-state index contributed by atoms with van der Waals surface area (Å²) in [6.07, 6.45) is -2.12. The minimum atomic E-state index is -3.99. The molecule has 8 nitrogen and oxygen atoms in total. The number of para-hydroxylation sites is 1. The molecule has 2 amide bonds. The van der Waals surface area contributed by atoms with Crippen LogP contribution in [-0.2, 0) is 26.2 Å². The van der Waals surface area contributed by atoms with Crippen LogP contribution in [0.5, 0.6) is 0 Å². The van der Waals surface area contributed by atoms with Crippen molar-refractivity contribution in [2.24, 2.45) is 4.40 Å². The van der Waals surface area contributed by atoms with Crippen molar-refractivity contribution in [3.63, 3.8) is 0 Å². The van der Waals surface area contributed by atoms with E-state index >= 15 is 0 Å². The van der Waals surface area contributed by atoms with Gasteiger partial charge >= 0.3 is 0 Å². The number of hydrogen-bond donors (Lipinski definition) is 2. The Hall–Kier alpha value is -3.05. The number of amidine groups is 1. The summed E-state index contributed by atoms with van der Waals surface area (Å²) in [6.45, 7) is -0.511. The quantitative estimate of drug-likeness (QED) is 0.661. The number of hydrogen-bond acceptors (Lipinski definition) is 5. The van der Waals surface area contributed by atoms with Gasteiger partial charge in [-0.3, -0.25) is 9.59 Å². The summed E-state index contributed by atoms with van der Waals surface area (Å²) in [6, 6.07) is 9.32. The van der Waals surface area contributed by atoms with E-state index in [4.69, 9.17) is 11.6 Å². The number of nitrogens with one attached hydrogen (secondary N) is 2. The lowest BCUT2D eigenvalue weighted by molar-refractivity contribution is -0.137. The predicted molar refractivity (Wildman–Crippen MR) is 118 cm³/mol. The first-order valence-electron chi connectivity index (χ1n) is 10.00. The van der Waals surface area contributed by atoms with E-state index in [1.807, 2.05) is 0 Å². The average Bonchev–Trinajstić information content (AvgIpc) is 3.16. The van der Waals surface area contributed by atoms with Gasteiger partial charge in [0.15, 0.2) is 0 Å². The van der Waals surface area contributed by atoms with E-state index in [0.717, 1.165) is 4.90 Å². The summed E-state index contributed by atoms with van der Waals surface area (Å²) in [5, 5.41) is 5.20. The Balaban J connectivity index is 1.45. The first-order valence-corrected chi connectivity index (χ1v) is 11.8. The van der Waals surface area contributed by atoms with Crippen LogP contribution in [0.15, 0.2) is 51.8 Å². The Morgan fingerprint density at radius 3 is 2.76 bits per heavy atom. The van der Waals surface area contributed by atoms with Gasteiger partial charge in [-0.15, -0.1) is 4.40 Å². The van der Waals surface area contributed by atoms with Crippen molar-refractivity contribution in [2.45, 2.75) is 36.5 Å². The zero-order valence-corrected chi connectivity index (χ0v) is 18.7. The van der Waals surface area contributed by atoms with Crippen molar-refractivity contribution in [1.29, 1.82) is 0 Å². The summed E-state index contributed by atoms with van der Waals surface area (Å²) < 4.78 is 56.5. The number of sulfonamides is 1. The first-order chi connectivity index (χ1) is 15.7. The molecule has 12 heteroatoms. The number of benzene rings is 2. The van der Waals surface area contributed by atoms with E-state index in [0.29, 0.717) is 0 Å². The molecule has 0 aromatic heterocycles. The van der Waals surface area contributed by atoms with Gasteiger partial charge in [0.05, 0.1) is 23.7 Å². The van der Waals surface area contributed by atoms with Crippen LogP contribution in [0.3, 0.4) is 0 Å².